The summed E-state index contributed by atoms with van der Waals surface area (Å²) < 4.78 is 5.85. The molecule has 10 heavy (non-hydrogen) atoms. The van der Waals surface area contributed by atoms with Gasteiger partial charge in [0.15, 0.2) is 4.67 Å². The number of hydrogen-bond donors (Lipinski definition) is 1. The maximum Gasteiger partial charge on any atom is 0.169 e. The van der Waals surface area contributed by atoms with Gasteiger partial charge in [-0.3, -0.25) is 0 Å². The van der Waals surface area contributed by atoms with Gasteiger partial charge in [0.2, 0.25) is 0 Å². The minimum Gasteiger partial charge on any atom is -0.457 e. The lowest BCUT2D eigenvalue weighted by Gasteiger charge is -2.04. The first kappa shape index (κ1) is 7.82. The van der Waals surface area contributed by atoms with Gasteiger partial charge >= 0.3 is 0 Å². The molecular formula is C7H10BrNO. The van der Waals surface area contributed by atoms with Crippen LogP contribution in [0.1, 0.15) is 18.5 Å². The predicted molar refractivity (Wildman–Crippen MR) is 43.9 cm³/mol. The molecule has 0 radical (unpaired) electrons. The molecule has 56 valence electrons. The van der Waals surface area contributed by atoms with E-state index in [1.807, 2.05) is 13.1 Å². The van der Waals surface area contributed by atoms with Crippen molar-refractivity contribution < 1.29 is 4.42 Å². The molecule has 1 aromatic heterocycles. The van der Waals surface area contributed by atoms with Crippen molar-refractivity contribution in [2.45, 2.75) is 13.0 Å². The summed E-state index contributed by atoms with van der Waals surface area (Å²) in [6.07, 6.45) is 1.74. The van der Waals surface area contributed by atoms with Gasteiger partial charge in [-0.2, -0.15) is 0 Å². The Bertz CT molecular complexity index is 209. The third kappa shape index (κ3) is 1.61. The van der Waals surface area contributed by atoms with Crippen molar-refractivity contribution >= 4 is 15.9 Å². The quantitative estimate of drug-likeness (QED) is 0.799. The lowest BCUT2D eigenvalue weighted by molar-refractivity contribution is 0.531. The van der Waals surface area contributed by atoms with Gasteiger partial charge < -0.3 is 9.73 Å². The van der Waals surface area contributed by atoms with Crippen LogP contribution in [0.2, 0.25) is 0 Å². The van der Waals surface area contributed by atoms with Crippen LogP contribution >= 0.6 is 15.9 Å². The Morgan fingerprint density at radius 2 is 2.40 bits per heavy atom. The number of halogens is 1. The average molecular weight is 204 g/mol. The molecule has 0 saturated carbocycles. The van der Waals surface area contributed by atoms with Crippen LogP contribution in [0.4, 0.5) is 0 Å². The summed E-state index contributed by atoms with van der Waals surface area (Å²) >= 11 is 3.24. The zero-order chi connectivity index (χ0) is 7.56. The van der Waals surface area contributed by atoms with Gasteiger partial charge in [0.1, 0.15) is 0 Å². The molecule has 0 amide bonds. The fourth-order valence-electron chi connectivity index (χ4n) is 0.717. The fourth-order valence-corrected chi connectivity index (χ4v) is 1.07. The SMILES string of the molecule is CNC(C)c1coc(Br)c1. The van der Waals surface area contributed by atoms with E-state index in [1.54, 1.807) is 6.26 Å². The van der Waals surface area contributed by atoms with Crippen molar-refractivity contribution in [2.75, 3.05) is 7.05 Å². The molecular weight excluding hydrogens is 194 g/mol. The van der Waals surface area contributed by atoms with Crippen LogP contribution in [-0.4, -0.2) is 7.05 Å². The van der Waals surface area contributed by atoms with Gasteiger partial charge in [0.05, 0.1) is 6.26 Å². The van der Waals surface area contributed by atoms with Crippen LogP contribution in [0.5, 0.6) is 0 Å². The van der Waals surface area contributed by atoms with Crippen molar-refractivity contribution in [3.05, 3.63) is 22.6 Å². The van der Waals surface area contributed by atoms with Gasteiger partial charge in [-0.05, 0) is 36.0 Å². The maximum atomic E-state index is 5.06. The molecule has 1 heterocycles. The highest BCUT2D eigenvalue weighted by atomic mass is 79.9. The second-order valence-corrected chi connectivity index (χ2v) is 2.98. The molecule has 0 spiro atoms. The Morgan fingerprint density at radius 1 is 1.70 bits per heavy atom. The van der Waals surface area contributed by atoms with Crippen molar-refractivity contribution in [1.29, 1.82) is 0 Å². The molecule has 0 aromatic carbocycles. The van der Waals surface area contributed by atoms with Crippen molar-refractivity contribution in [2.24, 2.45) is 0 Å². The van der Waals surface area contributed by atoms with Crippen molar-refractivity contribution in [3.63, 3.8) is 0 Å². The summed E-state index contributed by atoms with van der Waals surface area (Å²) in [6, 6.07) is 2.32. The summed E-state index contributed by atoms with van der Waals surface area (Å²) in [5, 5.41) is 3.11. The lowest BCUT2D eigenvalue weighted by Crippen LogP contribution is -2.10. The number of nitrogens with one attached hydrogen (secondary N) is 1. The number of hydrogen-bond acceptors (Lipinski definition) is 2. The molecule has 3 heteroatoms. The molecule has 0 fully saturated rings. The molecule has 1 rings (SSSR count). The van der Waals surface area contributed by atoms with Gasteiger partial charge in [0.25, 0.3) is 0 Å². The Morgan fingerprint density at radius 3 is 2.80 bits per heavy atom. The second-order valence-electron chi connectivity index (χ2n) is 2.19. The van der Waals surface area contributed by atoms with E-state index in [9.17, 15) is 0 Å². The first-order valence-electron chi connectivity index (χ1n) is 3.15. The van der Waals surface area contributed by atoms with E-state index >= 15 is 0 Å². The fraction of sp³-hybridized carbons (Fsp3) is 0.429. The van der Waals surface area contributed by atoms with Crippen LogP contribution < -0.4 is 5.32 Å². The monoisotopic (exact) mass is 203 g/mol. The van der Waals surface area contributed by atoms with E-state index in [2.05, 4.69) is 28.2 Å². The minimum absolute atomic E-state index is 0.357. The normalized spacial score (nSPS) is 13.5. The van der Waals surface area contributed by atoms with E-state index in [0.29, 0.717) is 6.04 Å². The summed E-state index contributed by atoms with van der Waals surface area (Å²) in [5.74, 6) is 0. The van der Waals surface area contributed by atoms with Crippen LogP contribution in [-0.2, 0) is 0 Å². The largest absolute Gasteiger partial charge is 0.457 e. The van der Waals surface area contributed by atoms with E-state index in [4.69, 9.17) is 4.42 Å². The van der Waals surface area contributed by atoms with Crippen LogP contribution in [0.15, 0.2) is 21.4 Å². The second kappa shape index (κ2) is 3.21. The Kier molecular flexibility index (Phi) is 2.51. The average Bonchev–Trinajstić information content (AvgIpc) is 2.34. The maximum absolute atomic E-state index is 5.06. The van der Waals surface area contributed by atoms with Crippen molar-refractivity contribution in [3.8, 4) is 0 Å². The highest BCUT2D eigenvalue weighted by molar-refractivity contribution is 9.10. The third-order valence-electron chi connectivity index (χ3n) is 1.52. The molecule has 0 saturated heterocycles. The first-order valence-corrected chi connectivity index (χ1v) is 3.94. The van der Waals surface area contributed by atoms with E-state index in [-0.39, 0.29) is 0 Å². The van der Waals surface area contributed by atoms with Crippen LogP contribution in [0.25, 0.3) is 0 Å². The van der Waals surface area contributed by atoms with Crippen molar-refractivity contribution in [1.82, 2.24) is 5.32 Å². The Hall–Kier alpha value is -0.280. The number of rotatable bonds is 2. The molecule has 1 N–H and O–H groups in total. The molecule has 1 unspecified atom stereocenters. The standard InChI is InChI=1S/C7H10BrNO/c1-5(9-2)6-3-7(8)10-4-6/h3-5,9H,1-2H3. The molecule has 0 aliphatic heterocycles. The first-order chi connectivity index (χ1) is 4.74. The highest BCUT2D eigenvalue weighted by Gasteiger charge is 2.04. The highest BCUT2D eigenvalue weighted by Crippen LogP contribution is 2.19. The molecule has 1 atom stereocenters. The predicted octanol–water partition coefficient (Wildman–Crippen LogP) is 2.32. The lowest BCUT2D eigenvalue weighted by atomic mass is 10.2. The summed E-state index contributed by atoms with van der Waals surface area (Å²) in [7, 11) is 1.92. The van der Waals surface area contributed by atoms with Gasteiger partial charge in [-0.15, -0.1) is 0 Å². The zero-order valence-electron chi connectivity index (χ0n) is 6.02. The van der Waals surface area contributed by atoms with Gasteiger partial charge in [-0.25, -0.2) is 0 Å². The van der Waals surface area contributed by atoms with Gasteiger partial charge in [-0.1, -0.05) is 0 Å². The van der Waals surface area contributed by atoms with Crippen LogP contribution in [0, 0.1) is 0 Å². The topological polar surface area (TPSA) is 25.2 Å². The van der Waals surface area contributed by atoms with Crippen LogP contribution in [0.3, 0.4) is 0 Å². The van der Waals surface area contributed by atoms with E-state index in [1.165, 1.54) is 0 Å². The number of furan rings is 1. The zero-order valence-corrected chi connectivity index (χ0v) is 7.60. The van der Waals surface area contributed by atoms with E-state index < -0.39 is 0 Å². The minimum atomic E-state index is 0.357. The van der Waals surface area contributed by atoms with Gasteiger partial charge in [0, 0.05) is 11.6 Å². The Balaban J connectivity index is 2.74. The molecule has 2 nitrogen and oxygen atoms in total. The molecule has 0 aliphatic rings. The van der Waals surface area contributed by atoms with E-state index in [0.717, 1.165) is 10.2 Å². The summed E-state index contributed by atoms with van der Waals surface area (Å²) in [5.41, 5.74) is 1.16. The Labute approximate surface area is 68.7 Å². The molecule has 0 bridgehead atoms. The molecule has 1 aromatic rings. The smallest absolute Gasteiger partial charge is 0.169 e. The summed E-state index contributed by atoms with van der Waals surface area (Å²) in [6.45, 7) is 2.08. The summed E-state index contributed by atoms with van der Waals surface area (Å²) in [4.78, 5) is 0. The molecule has 0 aliphatic carbocycles. The third-order valence-corrected chi connectivity index (χ3v) is 1.94.